The highest BCUT2D eigenvalue weighted by atomic mass is 16.2. The van der Waals surface area contributed by atoms with Crippen LogP contribution in [0.5, 0.6) is 0 Å². The zero-order valence-corrected chi connectivity index (χ0v) is 16.3. The number of para-hydroxylation sites is 1. The number of benzene rings is 2. The van der Waals surface area contributed by atoms with Crippen LogP contribution in [0.4, 0.5) is 5.69 Å². The van der Waals surface area contributed by atoms with Gasteiger partial charge in [-0.25, -0.2) is 0 Å². The van der Waals surface area contributed by atoms with Crippen molar-refractivity contribution in [3.05, 3.63) is 65.4 Å². The van der Waals surface area contributed by atoms with Crippen LogP contribution >= 0.6 is 0 Å². The van der Waals surface area contributed by atoms with E-state index in [0.717, 1.165) is 35.0 Å². The first-order valence-corrected chi connectivity index (χ1v) is 9.85. The first kappa shape index (κ1) is 18.9. The summed E-state index contributed by atoms with van der Waals surface area (Å²) in [6.07, 6.45) is 2.98. The van der Waals surface area contributed by atoms with Crippen LogP contribution < -0.4 is 10.6 Å². The Kier molecular flexibility index (Phi) is 5.16. The first-order chi connectivity index (χ1) is 14.0. The summed E-state index contributed by atoms with van der Waals surface area (Å²) >= 11 is 0. The first-order valence-electron chi connectivity index (χ1n) is 9.85. The second kappa shape index (κ2) is 7.91. The van der Waals surface area contributed by atoms with Gasteiger partial charge in [-0.05, 0) is 49.1 Å². The Bertz CT molecular complexity index is 1110. The second-order valence-corrected chi connectivity index (χ2v) is 7.29. The molecule has 1 aliphatic rings. The molecule has 2 amide bonds. The average Bonchev–Trinajstić information content (AvgIpc) is 3.03. The van der Waals surface area contributed by atoms with E-state index in [2.05, 4.69) is 10.6 Å². The number of carbonyl (C=O) groups is 3. The molecule has 6 heteroatoms. The van der Waals surface area contributed by atoms with E-state index in [4.69, 9.17) is 0 Å². The van der Waals surface area contributed by atoms with Crippen molar-refractivity contribution in [3.8, 4) is 0 Å². The molecule has 148 valence electrons. The summed E-state index contributed by atoms with van der Waals surface area (Å²) < 4.78 is 1.85. The molecule has 0 fully saturated rings. The molecular weight excluding hydrogens is 366 g/mol. The van der Waals surface area contributed by atoms with E-state index in [9.17, 15) is 14.4 Å². The van der Waals surface area contributed by atoms with Crippen molar-refractivity contribution in [1.29, 1.82) is 0 Å². The summed E-state index contributed by atoms with van der Waals surface area (Å²) in [6, 6.07) is 14.8. The Morgan fingerprint density at radius 3 is 2.72 bits per heavy atom. The van der Waals surface area contributed by atoms with Crippen LogP contribution in [-0.4, -0.2) is 28.8 Å². The molecule has 1 aliphatic heterocycles. The maximum absolute atomic E-state index is 12.5. The predicted octanol–water partition coefficient (Wildman–Crippen LogP) is 3.55. The Hall–Kier alpha value is -3.41. The monoisotopic (exact) mass is 389 g/mol. The molecule has 29 heavy (non-hydrogen) atoms. The van der Waals surface area contributed by atoms with Crippen LogP contribution in [0, 0.1) is 0 Å². The van der Waals surface area contributed by atoms with Gasteiger partial charge in [-0.3, -0.25) is 19.0 Å². The van der Waals surface area contributed by atoms with Crippen molar-refractivity contribution in [2.45, 2.75) is 32.6 Å². The minimum atomic E-state index is -0.189. The lowest BCUT2D eigenvalue weighted by Crippen LogP contribution is -2.26. The lowest BCUT2D eigenvalue weighted by atomic mass is 10.0. The molecule has 0 atom stereocenters. The largest absolute Gasteiger partial charge is 0.352 e. The Balaban J connectivity index is 1.50. The zero-order chi connectivity index (χ0) is 20.4. The molecule has 0 spiro atoms. The highest BCUT2D eigenvalue weighted by Gasteiger charge is 2.24. The summed E-state index contributed by atoms with van der Waals surface area (Å²) in [5.41, 5.74) is 4.26. The van der Waals surface area contributed by atoms with Crippen LogP contribution in [-0.2, 0) is 17.6 Å². The van der Waals surface area contributed by atoms with E-state index in [1.807, 2.05) is 28.8 Å². The second-order valence-electron chi connectivity index (χ2n) is 7.29. The third kappa shape index (κ3) is 3.78. The van der Waals surface area contributed by atoms with E-state index < -0.39 is 0 Å². The third-order valence-corrected chi connectivity index (χ3v) is 5.25. The van der Waals surface area contributed by atoms with E-state index in [-0.39, 0.29) is 17.7 Å². The van der Waals surface area contributed by atoms with E-state index in [0.29, 0.717) is 30.6 Å². The number of carbonyl (C=O) groups excluding carboxylic acids is 3. The van der Waals surface area contributed by atoms with Gasteiger partial charge in [0.1, 0.15) is 0 Å². The summed E-state index contributed by atoms with van der Waals surface area (Å²) in [6.45, 7) is 1.90. The quantitative estimate of drug-likeness (QED) is 0.700. The molecule has 4 rings (SSSR count). The SMILES string of the molecule is CC(=O)Nc1cccc(C(=O)NCCc2c3n(c4ccccc24)C(=O)CCC3)c1. The fourth-order valence-electron chi connectivity index (χ4n) is 4.05. The molecule has 2 N–H and O–H groups in total. The van der Waals surface area contributed by atoms with Gasteiger partial charge >= 0.3 is 0 Å². The maximum Gasteiger partial charge on any atom is 0.251 e. The van der Waals surface area contributed by atoms with Crippen LogP contribution in [0.2, 0.25) is 0 Å². The summed E-state index contributed by atoms with van der Waals surface area (Å²) in [5, 5.41) is 6.72. The Morgan fingerprint density at radius 2 is 1.90 bits per heavy atom. The fraction of sp³-hybridized carbons (Fsp3) is 0.261. The molecule has 0 saturated carbocycles. The van der Waals surface area contributed by atoms with Crippen molar-refractivity contribution < 1.29 is 14.4 Å². The minimum absolute atomic E-state index is 0.146. The van der Waals surface area contributed by atoms with Crippen molar-refractivity contribution >= 4 is 34.3 Å². The van der Waals surface area contributed by atoms with Crippen molar-refractivity contribution in [1.82, 2.24) is 9.88 Å². The molecule has 6 nitrogen and oxygen atoms in total. The van der Waals surface area contributed by atoms with Gasteiger partial charge in [0, 0.05) is 42.2 Å². The van der Waals surface area contributed by atoms with Gasteiger partial charge in [-0.15, -0.1) is 0 Å². The number of nitrogens with zero attached hydrogens (tertiary/aromatic N) is 1. The number of aromatic nitrogens is 1. The Morgan fingerprint density at radius 1 is 1.07 bits per heavy atom. The lowest BCUT2D eigenvalue weighted by molar-refractivity contribution is -0.114. The molecule has 0 aliphatic carbocycles. The van der Waals surface area contributed by atoms with E-state index in [1.54, 1.807) is 24.3 Å². The summed E-state index contributed by atoms with van der Waals surface area (Å²) in [4.78, 5) is 36.2. The van der Waals surface area contributed by atoms with Crippen molar-refractivity contribution in [3.63, 3.8) is 0 Å². The topological polar surface area (TPSA) is 80.2 Å². The van der Waals surface area contributed by atoms with Crippen LogP contribution in [0.15, 0.2) is 48.5 Å². The van der Waals surface area contributed by atoms with E-state index >= 15 is 0 Å². The van der Waals surface area contributed by atoms with Gasteiger partial charge in [0.2, 0.25) is 11.8 Å². The van der Waals surface area contributed by atoms with E-state index in [1.165, 1.54) is 6.92 Å². The number of hydrogen-bond donors (Lipinski definition) is 2. The normalized spacial score (nSPS) is 13.2. The fourth-order valence-corrected chi connectivity index (χ4v) is 4.05. The van der Waals surface area contributed by atoms with Crippen molar-refractivity contribution in [2.24, 2.45) is 0 Å². The highest BCUT2D eigenvalue weighted by Crippen LogP contribution is 2.31. The maximum atomic E-state index is 12.5. The molecule has 0 unspecified atom stereocenters. The van der Waals surface area contributed by atoms with Gasteiger partial charge in [0.15, 0.2) is 0 Å². The number of hydrogen-bond acceptors (Lipinski definition) is 3. The van der Waals surface area contributed by atoms with Crippen LogP contribution in [0.25, 0.3) is 10.9 Å². The number of anilines is 1. The molecule has 1 aromatic heterocycles. The number of amides is 2. The molecule has 3 aromatic rings. The van der Waals surface area contributed by atoms with Gasteiger partial charge in [0.05, 0.1) is 5.52 Å². The predicted molar refractivity (Wildman–Crippen MR) is 112 cm³/mol. The number of fused-ring (bicyclic) bond motifs is 3. The molecule has 0 radical (unpaired) electrons. The molecule has 2 heterocycles. The van der Waals surface area contributed by atoms with Crippen LogP contribution in [0.1, 0.15) is 46.2 Å². The lowest BCUT2D eigenvalue weighted by Gasteiger charge is -2.16. The van der Waals surface area contributed by atoms with Gasteiger partial charge in [0.25, 0.3) is 5.91 Å². The minimum Gasteiger partial charge on any atom is -0.352 e. The Labute approximate surface area is 168 Å². The molecule has 0 saturated heterocycles. The average molecular weight is 389 g/mol. The van der Waals surface area contributed by atoms with Gasteiger partial charge in [-0.1, -0.05) is 24.3 Å². The highest BCUT2D eigenvalue weighted by molar-refractivity contribution is 5.98. The number of nitrogens with one attached hydrogen (secondary N) is 2. The molecular formula is C23H23N3O3. The van der Waals surface area contributed by atoms with Gasteiger partial charge in [-0.2, -0.15) is 0 Å². The number of rotatable bonds is 5. The van der Waals surface area contributed by atoms with Crippen LogP contribution in [0.3, 0.4) is 0 Å². The summed E-state index contributed by atoms with van der Waals surface area (Å²) in [7, 11) is 0. The summed E-state index contributed by atoms with van der Waals surface area (Å²) in [5.74, 6) is -0.222. The smallest absolute Gasteiger partial charge is 0.251 e. The third-order valence-electron chi connectivity index (χ3n) is 5.25. The van der Waals surface area contributed by atoms with Crippen molar-refractivity contribution in [2.75, 3.05) is 11.9 Å². The molecule has 0 bridgehead atoms. The standard InChI is InChI=1S/C23H23N3O3/c1-15(27)25-17-7-4-6-16(14-17)23(29)24-13-12-19-18-8-2-3-9-20(18)26-21(19)10-5-11-22(26)28/h2-4,6-9,14H,5,10-13H2,1H3,(H,24,29)(H,25,27). The zero-order valence-electron chi connectivity index (χ0n) is 16.3. The van der Waals surface area contributed by atoms with Gasteiger partial charge < -0.3 is 10.6 Å². The molecule has 2 aromatic carbocycles.